The summed E-state index contributed by atoms with van der Waals surface area (Å²) in [7, 11) is 2.10. The van der Waals surface area contributed by atoms with Crippen LogP contribution in [0.1, 0.15) is 25.3 Å². The first kappa shape index (κ1) is 12.7. The Morgan fingerprint density at radius 3 is 3.06 bits per heavy atom. The fraction of sp³-hybridized carbons (Fsp3) is 0.500. The summed E-state index contributed by atoms with van der Waals surface area (Å²) in [5, 5.41) is 5.68. The van der Waals surface area contributed by atoms with Gasteiger partial charge in [-0.3, -0.25) is 0 Å². The van der Waals surface area contributed by atoms with Crippen molar-refractivity contribution in [3.05, 3.63) is 23.8 Å². The zero-order chi connectivity index (χ0) is 13.0. The second-order valence-electron chi connectivity index (χ2n) is 4.75. The Morgan fingerprint density at radius 2 is 2.28 bits per heavy atom. The summed E-state index contributed by atoms with van der Waals surface area (Å²) in [4.78, 5) is 13.8. The molecule has 4 nitrogen and oxygen atoms in total. The molecule has 18 heavy (non-hydrogen) atoms. The molecule has 1 aromatic rings. The molecule has 2 rings (SSSR count). The van der Waals surface area contributed by atoms with Crippen molar-refractivity contribution >= 4 is 17.4 Å². The lowest BCUT2D eigenvalue weighted by Crippen LogP contribution is -2.29. The largest absolute Gasteiger partial charge is 0.374 e. The molecule has 1 aliphatic rings. The third-order valence-corrected chi connectivity index (χ3v) is 3.23. The van der Waals surface area contributed by atoms with Crippen molar-refractivity contribution in [1.82, 2.24) is 5.32 Å². The smallest absolute Gasteiger partial charge is 0.319 e. The van der Waals surface area contributed by atoms with Crippen molar-refractivity contribution in [1.29, 1.82) is 0 Å². The summed E-state index contributed by atoms with van der Waals surface area (Å²) >= 11 is 0. The minimum atomic E-state index is -0.129. The predicted octanol–water partition coefficient (Wildman–Crippen LogP) is 2.60. The number of hydrogen-bond donors (Lipinski definition) is 2. The zero-order valence-electron chi connectivity index (χ0n) is 11.1. The molecule has 0 bridgehead atoms. The van der Waals surface area contributed by atoms with Crippen molar-refractivity contribution < 1.29 is 4.79 Å². The van der Waals surface area contributed by atoms with Crippen LogP contribution in [0.2, 0.25) is 0 Å². The van der Waals surface area contributed by atoms with E-state index >= 15 is 0 Å². The summed E-state index contributed by atoms with van der Waals surface area (Å²) in [5.74, 6) is 0. The number of nitrogens with one attached hydrogen (secondary N) is 2. The molecule has 4 heteroatoms. The fourth-order valence-electron chi connectivity index (χ4n) is 2.25. The first-order valence-corrected chi connectivity index (χ1v) is 6.59. The molecule has 0 fully saturated rings. The van der Waals surface area contributed by atoms with Gasteiger partial charge >= 0.3 is 6.03 Å². The second-order valence-corrected chi connectivity index (χ2v) is 4.75. The van der Waals surface area contributed by atoms with E-state index < -0.39 is 0 Å². The quantitative estimate of drug-likeness (QED) is 0.862. The van der Waals surface area contributed by atoms with Gasteiger partial charge in [0.2, 0.25) is 0 Å². The van der Waals surface area contributed by atoms with E-state index in [2.05, 4.69) is 34.7 Å². The minimum absolute atomic E-state index is 0.129. The van der Waals surface area contributed by atoms with E-state index in [1.807, 2.05) is 13.0 Å². The molecule has 0 aromatic heterocycles. The lowest BCUT2D eigenvalue weighted by Gasteiger charge is -2.28. The van der Waals surface area contributed by atoms with Crippen LogP contribution in [0.15, 0.2) is 18.2 Å². The molecule has 2 amide bonds. The lowest BCUT2D eigenvalue weighted by atomic mass is 10.0. The zero-order valence-corrected chi connectivity index (χ0v) is 11.1. The number of urea groups is 1. The Morgan fingerprint density at radius 1 is 1.44 bits per heavy atom. The number of nitrogens with zero attached hydrogens (tertiary/aromatic N) is 1. The Kier molecular flexibility index (Phi) is 4.07. The SMILES string of the molecule is CCCNC(=O)Nc1ccc2c(c1)N(C)CCC2. The van der Waals surface area contributed by atoms with Gasteiger partial charge in [-0.25, -0.2) is 4.79 Å². The molecule has 0 saturated heterocycles. The number of fused-ring (bicyclic) bond motifs is 1. The highest BCUT2D eigenvalue weighted by atomic mass is 16.2. The van der Waals surface area contributed by atoms with E-state index in [9.17, 15) is 4.79 Å². The number of amides is 2. The summed E-state index contributed by atoms with van der Waals surface area (Å²) in [5.41, 5.74) is 3.45. The number of benzene rings is 1. The van der Waals surface area contributed by atoms with Gasteiger partial charge in [0.25, 0.3) is 0 Å². The van der Waals surface area contributed by atoms with Crippen LogP contribution in [-0.4, -0.2) is 26.2 Å². The summed E-state index contributed by atoms with van der Waals surface area (Å²) in [6, 6.07) is 6.01. The molecule has 0 radical (unpaired) electrons. The number of carbonyl (C=O) groups excluding carboxylic acids is 1. The van der Waals surface area contributed by atoms with Crippen LogP contribution in [-0.2, 0) is 6.42 Å². The van der Waals surface area contributed by atoms with Crippen LogP contribution in [0.3, 0.4) is 0 Å². The van der Waals surface area contributed by atoms with Crippen LogP contribution in [0, 0.1) is 0 Å². The molecule has 0 spiro atoms. The van der Waals surface area contributed by atoms with Crippen LogP contribution in [0.25, 0.3) is 0 Å². The number of anilines is 2. The van der Waals surface area contributed by atoms with Crippen LogP contribution in [0.5, 0.6) is 0 Å². The first-order valence-electron chi connectivity index (χ1n) is 6.59. The molecule has 0 atom stereocenters. The molecule has 0 unspecified atom stereocenters. The highest BCUT2D eigenvalue weighted by molar-refractivity contribution is 5.90. The Bertz CT molecular complexity index is 431. The van der Waals surface area contributed by atoms with Crippen molar-refractivity contribution in [2.45, 2.75) is 26.2 Å². The van der Waals surface area contributed by atoms with Gasteiger partial charge in [-0.15, -0.1) is 0 Å². The molecule has 1 heterocycles. The molecule has 2 N–H and O–H groups in total. The van der Waals surface area contributed by atoms with Gasteiger partial charge in [-0.1, -0.05) is 13.0 Å². The molecule has 1 aromatic carbocycles. The summed E-state index contributed by atoms with van der Waals surface area (Å²) < 4.78 is 0. The van der Waals surface area contributed by atoms with E-state index in [1.54, 1.807) is 0 Å². The number of aryl methyl sites for hydroxylation is 1. The van der Waals surface area contributed by atoms with Crippen molar-refractivity contribution in [3.8, 4) is 0 Å². The van der Waals surface area contributed by atoms with Gasteiger partial charge < -0.3 is 15.5 Å². The highest BCUT2D eigenvalue weighted by Crippen LogP contribution is 2.28. The van der Waals surface area contributed by atoms with E-state index in [1.165, 1.54) is 17.7 Å². The lowest BCUT2D eigenvalue weighted by molar-refractivity contribution is 0.252. The van der Waals surface area contributed by atoms with Gasteiger partial charge in [-0.05, 0) is 37.0 Å². The molecule has 0 aliphatic carbocycles. The van der Waals surface area contributed by atoms with Gasteiger partial charge in [0, 0.05) is 31.5 Å². The number of rotatable bonds is 3. The third kappa shape index (κ3) is 2.94. The van der Waals surface area contributed by atoms with Crippen LogP contribution in [0.4, 0.5) is 16.2 Å². The summed E-state index contributed by atoms with van der Waals surface area (Å²) in [6.45, 7) is 3.82. The highest BCUT2D eigenvalue weighted by Gasteiger charge is 2.14. The van der Waals surface area contributed by atoms with Gasteiger partial charge in [0.15, 0.2) is 0 Å². The summed E-state index contributed by atoms with van der Waals surface area (Å²) in [6.07, 6.45) is 3.27. The number of hydrogen-bond acceptors (Lipinski definition) is 2. The maximum Gasteiger partial charge on any atom is 0.319 e. The second kappa shape index (κ2) is 5.76. The standard InChI is InChI=1S/C14H21N3O/c1-3-8-15-14(18)16-12-7-6-11-5-4-9-17(2)13(11)10-12/h6-7,10H,3-5,8-9H2,1-2H3,(H2,15,16,18). The van der Waals surface area contributed by atoms with Crippen molar-refractivity contribution in [2.75, 3.05) is 30.4 Å². The van der Waals surface area contributed by atoms with Crippen molar-refractivity contribution in [3.63, 3.8) is 0 Å². The Balaban J connectivity index is 2.06. The van der Waals surface area contributed by atoms with Crippen LogP contribution >= 0.6 is 0 Å². The average Bonchev–Trinajstić information content (AvgIpc) is 2.37. The van der Waals surface area contributed by atoms with E-state index in [4.69, 9.17) is 0 Å². The van der Waals surface area contributed by atoms with Gasteiger partial charge in [-0.2, -0.15) is 0 Å². The predicted molar refractivity (Wildman–Crippen MR) is 75.3 cm³/mol. The maximum atomic E-state index is 11.6. The molecule has 0 saturated carbocycles. The van der Waals surface area contributed by atoms with Crippen molar-refractivity contribution in [2.24, 2.45) is 0 Å². The Labute approximate surface area is 108 Å². The van der Waals surface area contributed by atoms with E-state index in [0.717, 1.165) is 25.1 Å². The molecule has 98 valence electrons. The van der Waals surface area contributed by atoms with E-state index in [-0.39, 0.29) is 6.03 Å². The van der Waals surface area contributed by atoms with Crippen LogP contribution < -0.4 is 15.5 Å². The topological polar surface area (TPSA) is 44.4 Å². The Hall–Kier alpha value is -1.71. The maximum absolute atomic E-state index is 11.6. The molecular weight excluding hydrogens is 226 g/mol. The fourth-order valence-corrected chi connectivity index (χ4v) is 2.25. The molecule has 1 aliphatic heterocycles. The molecular formula is C14H21N3O. The first-order chi connectivity index (χ1) is 8.70. The third-order valence-electron chi connectivity index (χ3n) is 3.23. The average molecular weight is 247 g/mol. The van der Waals surface area contributed by atoms with E-state index in [0.29, 0.717) is 6.54 Å². The van der Waals surface area contributed by atoms with Gasteiger partial charge in [0.05, 0.1) is 0 Å². The monoisotopic (exact) mass is 247 g/mol. The normalized spacial score (nSPS) is 14.0. The van der Waals surface area contributed by atoms with Gasteiger partial charge in [0.1, 0.15) is 0 Å². The number of carbonyl (C=O) groups is 1. The minimum Gasteiger partial charge on any atom is -0.374 e.